The maximum Gasteiger partial charge on any atom is 0.305 e. The molecule has 0 radical (unpaired) electrons. The van der Waals surface area contributed by atoms with Crippen LogP contribution in [0.5, 0.6) is 0 Å². The molecule has 0 bridgehead atoms. The summed E-state index contributed by atoms with van der Waals surface area (Å²) in [5.41, 5.74) is 3.43. The molecule has 0 unspecified atom stereocenters. The highest BCUT2D eigenvalue weighted by Crippen LogP contribution is 2.32. The van der Waals surface area contributed by atoms with E-state index in [2.05, 4.69) is 10.3 Å². The standard InChI is InChI=1S/C30H37ClN4O4/c1-19(2)14-26(35-12-7-9-21(30(35)39)11-13-34(4)5)29(38)33-25(16-27(36)37)22-15-23(18-32-17-22)28-20(3)8-6-10-24(28)31/h6-10,12,15,17-19,25-26H,11,13-14,16H2,1-5H3,(H,33,38)(H,36,37)/t25-,26-/m0/s1. The van der Waals surface area contributed by atoms with E-state index in [1.165, 1.54) is 4.57 Å². The van der Waals surface area contributed by atoms with Gasteiger partial charge in [0.05, 0.1) is 12.5 Å². The highest BCUT2D eigenvalue weighted by Gasteiger charge is 2.27. The Morgan fingerprint density at radius 2 is 1.90 bits per heavy atom. The van der Waals surface area contributed by atoms with Gasteiger partial charge < -0.3 is 19.9 Å². The monoisotopic (exact) mass is 552 g/mol. The predicted molar refractivity (Wildman–Crippen MR) is 154 cm³/mol. The van der Waals surface area contributed by atoms with Gasteiger partial charge in [0.25, 0.3) is 5.56 Å². The van der Waals surface area contributed by atoms with Crippen LogP contribution in [0.1, 0.15) is 55.5 Å². The molecule has 2 aromatic heterocycles. The first-order valence-corrected chi connectivity index (χ1v) is 13.4. The molecule has 0 fully saturated rings. The molecule has 3 rings (SSSR count). The number of nitrogens with zero attached hydrogens (tertiary/aromatic N) is 3. The van der Waals surface area contributed by atoms with E-state index in [0.717, 1.165) is 16.7 Å². The number of hydrogen-bond donors (Lipinski definition) is 2. The van der Waals surface area contributed by atoms with Crippen molar-refractivity contribution in [2.45, 2.75) is 52.1 Å². The van der Waals surface area contributed by atoms with E-state index in [-0.39, 0.29) is 17.9 Å². The zero-order chi connectivity index (χ0) is 28.7. The summed E-state index contributed by atoms with van der Waals surface area (Å²) < 4.78 is 1.47. The number of carboxylic acids is 1. The second-order valence-electron chi connectivity index (χ2n) is 10.5. The Balaban J connectivity index is 1.98. The molecule has 0 aliphatic heterocycles. The fourth-order valence-electron chi connectivity index (χ4n) is 4.61. The Labute approximate surface area is 234 Å². The number of aliphatic carboxylic acids is 1. The van der Waals surface area contributed by atoms with E-state index in [1.807, 2.05) is 51.9 Å². The van der Waals surface area contributed by atoms with Crippen molar-refractivity contribution >= 4 is 23.5 Å². The average Bonchev–Trinajstić information content (AvgIpc) is 2.86. The quantitative estimate of drug-likeness (QED) is 0.331. The van der Waals surface area contributed by atoms with Gasteiger partial charge in [-0.05, 0) is 69.1 Å². The lowest BCUT2D eigenvalue weighted by atomic mass is 9.97. The van der Waals surface area contributed by atoms with Gasteiger partial charge in [-0.2, -0.15) is 0 Å². The van der Waals surface area contributed by atoms with Crippen LogP contribution < -0.4 is 10.9 Å². The predicted octanol–water partition coefficient (Wildman–Crippen LogP) is 4.90. The van der Waals surface area contributed by atoms with E-state index in [9.17, 15) is 19.5 Å². The van der Waals surface area contributed by atoms with Crippen molar-refractivity contribution in [2.24, 2.45) is 5.92 Å². The summed E-state index contributed by atoms with van der Waals surface area (Å²) in [6.07, 6.45) is 5.48. The molecular formula is C30H37ClN4O4. The highest BCUT2D eigenvalue weighted by molar-refractivity contribution is 6.33. The van der Waals surface area contributed by atoms with E-state index in [0.29, 0.717) is 35.5 Å². The summed E-state index contributed by atoms with van der Waals surface area (Å²) in [6, 6.07) is 9.30. The first-order chi connectivity index (χ1) is 18.5. The molecule has 0 saturated heterocycles. The molecule has 0 saturated carbocycles. The average molecular weight is 553 g/mol. The SMILES string of the molecule is Cc1cccc(Cl)c1-c1cncc([C@H](CC(=O)O)NC(=O)[C@H](CC(C)C)n2cccc(CCN(C)C)c2=O)c1. The van der Waals surface area contributed by atoms with Crippen LogP contribution in [0, 0.1) is 12.8 Å². The van der Waals surface area contributed by atoms with Crippen LogP contribution in [0.2, 0.25) is 5.02 Å². The van der Waals surface area contributed by atoms with Crippen molar-refractivity contribution in [1.29, 1.82) is 0 Å². The van der Waals surface area contributed by atoms with Gasteiger partial charge in [-0.25, -0.2) is 0 Å². The lowest BCUT2D eigenvalue weighted by Crippen LogP contribution is -2.41. The Hall–Kier alpha value is -3.49. The fraction of sp³-hybridized carbons (Fsp3) is 0.400. The molecule has 1 amide bonds. The topological polar surface area (TPSA) is 105 Å². The van der Waals surface area contributed by atoms with Crippen LogP contribution in [0.15, 0.2) is 59.8 Å². The van der Waals surface area contributed by atoms with E-state index in [1.54, 1.807) is 42.9 Å². The van der Waals surface area contributed by atoms with Gasteiger partial charge >= 0.3 is 5.97 Å². The van der Waals surface area contributed by atoms with Crippen molar-refractivity contribution in [3.8, 4) is 11.1 Å². The Bertz CT molecular complexity index is 1350. The molecule has 0 aliphatic rings. The van der Waals surface area contributed by atoms with Gasteiger partial charge in [0.2, 0.25) is 5.91 Å². The number of aryl methyl sites for hydroxylation is 1. The zero-order valence-corrected chi connectivity index (χ0v) is 23.9. The normalized spacial score (nSPS) is 12.9. The number of pyridine rings is 2. The van der Waals surface area contributed by atoms with E-state index < -0.39 is 24.0 Å². The minimum atomic E-state index is -1.07. The minimum absolute atomic E-state index is 0.115. The Morgan fingerprint density at radius 1 is 1.15 bits per heavy atom. The molecule has 2 heterocycles. The van der Waals surface area contributed by atoms with Crippen molar-refractivity contribution in [3.05, 3.63) is 87.1 Å². The number of nitrogens with one attached hydrogen (secondary N) is 1. The summed E-state index contributed by atoms with van der Waals surface area (Å²) in [4.78, 5) is 45.2. The molecule has 2 N–H and O–H groups in total. The highest BCUT2D eigenvalue weighted by atomic mass is 35.5. The number of likely N-dealkylation sites (N-methyl/N-ethyl adjacent to an activating group) is 1. The van der Waals surface area contributed by atoms with Crippen molar-refractivity contribution in [2.75, 3.05) is 20.6 Å². The lowest BCUT2D eigenvalue weighted by molar-refractivity contribution is -0.138. The number of carbonyl (C=O) groups is 2. The van der Waals surface area contributed by atoms with Gasteiger partial charge in [0.15, 0.2) is 0 Å². The van der Waals surface area contributed by atoms with Gasteiger partial charge in [0, 0.05) is 46.8 Å². The summed E-state index contributed by atoms with van der Waals surface area (Å²) in [6.45, 7) is 6.60. The summed E-state index contributed by atoms with van der Waals surface area (Å²) in [5, 5.41) is 13.1. The third kappa shape index (κ3) is 8.00. The van der Waals surface area contributed by atoms with Crippen LogP contribution in [-0.4, -0.2) is 52.1 Å². The molecule has 1 aromatic carbocycles. The minimum Gasteiger partial charge on any atom is -0.481 e. The van der Waals surface area contributed by atoms with Crippen LogP contribution in [-0.2, 0) is 16.0 Å². The Morgan fingerprint density at radius 3 is 2.54 bits per heavy atom. The second-order valence-corrected chi connectivity index (χ2v) is 10.9. The maximum atomic E-state index is 13.7. The maximum absolute atomic E-state index is 13.7. The van der Waals surface area contributed by atoms with Crippen LogP contribution in [0.3, 0.4) is 0 Å². The van der Waals surface area contributed by atoms with E-state index in [4.69, 9.17) is 11.6 Å². The summed E-state index contributed by atoms with van der Waals surface area (Å²) in [7, 11) is 3.88. The van der Waals surface area contributed by atoms with Crippen LogP contribution in [0.25, 0.3) is 11.1 Å². The molecular weight excluding hydrogens is 516 g/mol. The first kappa shape index (κ1) is 30.1. The lowest BCUT2D eigenvalue weighted by Gasteiger charge is -2.25. The first-order valence-electron chi connectivity index (χ1n) is 13.0. The number of aromatic nitrogens is 2. The van der Waals surface area contributed by atoms with Gasteiger partial charge in [-0.1, -0.05) is 43.6 Å². The molecule has 0 spiro atoms. The zero-order valence-electron chi connectivity index (χ0n) is 23.1. The third-order valence-corrected chi connectivity index (χ3v) is 6.90. The summed E-state index contributed by atoms with van der Waals surface area (Å²) in [5.74, 6) is -1.37. The number of carboxylic acid groups (broad SMARTS) is 1. The third-order valence-electron chi connectivity index (χ3n) is 6.58. The molecule has 2 atom stereocenters. The smallest absolute Gasteiger partial charge is 0.305 e. The Kier molecular flexibility index (Phi) is 10.4. The van der Waals surface area contributed by atoms with Crippen LogP contribution >= 0.6 is 11.6 Å². The number of halogens is 1. The van der Waals surface area contributed by atoms with E-state index >= 15 is 0 Å². The van der Waals surface area contributed by atoms with Gasteiger partial charge in [-0.3, -0.25) is 19.4 Å². The molecule has 8 nitrogen and oxygen atoms in total. The number of amides is 1. The van der Waals surface area contributed by atoms with Crippen LogP contribution in [0.4, 0.5) is 0 Å². The molecule has 9 heteroatoms. The molecule has 3 aromatic rings. The molecule has 0 aliphatic carbocycles. The van der Waals surface area contributed by atoms with Crippen molar-refractivity contribution in [1.82, 2.24) is 19.8 Å². The van der Waals surface area contributed by atoms with Crippen molar-refractivity contribution in [3.63, 3.8) is 0 Å². The molecule has 39 heavy (non-hydrogen) atoms. The number of carbonyl (C=O) groups excluding carboxylic acids is 1. The fourth-order valence-corrected chi connectivity index (χ4v) is 4.94. The van der Waals surface area contributed by atoms with Gasteiger partial charge in [-0.15, -0.1) is 0 Å². The molecule has 208 valence electrons. The summed E-state index contributed by atoms with van der Waals surface area (Å²) >= 11 is 6.46. The van der Waals surface area contributed by atoms with Crippen molar-refractivity contribution < 1.29 is 14.7 Å². The number of benzene rings is 1. The largest absolute Gasteiger partial charge is 0.481 e. The van der Waals surface area contributed by atoms with Gasteiger partial charge in [0.1, 0.15) is 6.04 Å². The number of hydrogen-bond acceptors (Lipinski definition) is 5. The second kappa shape index (κ2) is 13.5. The number of rotatable bonds is 12.